The molecule has 0 atom stereocenters. The van der Waals surface area contributed by atoms with Crippen LogP contribution >= 0.6 is 0 Å². The van der Waals surface area contributed by atoms with E-state index in [1.54, 1.807) is 0 Å². The SMILES string of the molecule is [2H]c1c([2H])c([2H])c2c(c1[2H])c([2H])c([2H])c1c3ccc(-c4c5ccccc5c(-c5ccc(-c6ccccc6)cc5)c5ccccc45)cc3oc21. The van der Waals surface area contributed by atoms with Crippen LogP contribution in [-0.4, -0.2) is 0 Å². The lowest BCUT2D eigenvalue weighted by atomic mass is 9.85. The van der Waals surface area contributed by atoms with Crippen LogP contribution in [0.4, 0.5) is 0 Å². The van der Waals surface area contributed by atoms with Gasteiger partial charge in [0, 0.05) is 16.2 Å². The molecule has 43 heavy (non-hydrogen) atoms. The predicted octanol–water partition coefficient (Wildman–Crippen LogP) is 12.0. The quantitative estimate of drug-likeness (QED) is 0.199. The highest BCUT2D eigenvalue weighted by Crippen LogP contribution is 2.45. The molecular weight excluding hydrogens is 520 g/mol. The number of fused-ring (bicyclic) bond motifs is 7. The zero-order chi connectivity index (χ0) is 33.6. The van der Waals surface area contributed by atoms with Crippen LogP contribution in [0.2, 0.25) is 0 Å². The summed E-state index contributed by atoms with van der Waals surface area (Å²) in [6, 6.07) is 39.9. The number of hydrogen-bond acceptors (Lipinski definition) is 1. The Hall–Kier alpha value is -5.66. The lowest BCUT2D eigenvalue weighted by Gasteiger charge is -2.18. The molecule has 0 saturated carbocycles. The van der Waals surface area contributed by atoms with Gasteiger partial charge >= 0.3 is 0 Å². The molecule has 0 N–H and O–H groups in total. The minimum absolute atomic E-state index is 0.00726. The number of furan rings is 1. The highest BCUT2D eigenvalue weighted by molar-refractivity contribution is 6.22. The van der Waals surface area contributed by atoms with Crippen molar-refractivity contribution in [3.05, 3.63) is 158 Å². The van der Waals surface area contributed by atoms with Gasteiger partial charge in [0.15, 0.2) is 0 Å². The standard InChI is InChI=1S/C42H26O/c1-2-10-27(11-3-1)28-18-20-30(21-19-28)40-34-14-6-8-16-36(34)41(37-17-9-7-15-35(37)40)31-23-24-33-38-25-22-29-12-4-5-13-32(29)42(38)43-39(33)26-31/h1-26H/i4D,5D,12D,13D,22D,25D. The van der Waals surface area contributed by atoms with Crippen LogP contribution in [0.1, 0.15) is 8.22 Å². The van der Waals surface area contributed by atoms with Crippen molar-refractivity contribution in [2.75, 3.05) is 0 Å². The van der Waals surface area contributed by atoms with Gasteiger partial charge in [-0.25, -0.2) is 0 Å². The smallest absolute Gasteiger partial charge is 0.143 e. The van der Waals surface area contributed by atoms with Gasteiger partial charge in [-0.1, -0.05) is 139 Å². The van der Waals surface area contributed by atoms with E-state index in [1.165, 1.54) is 5.56 Å². The average molecular weight is 553 g/mol. The molecule has 0 amide bonds. The Labute approximate surface area is 257 Å². The van der Waals surface area contributed by atoms with E-state index in [1.807, 2.05) is 48.5 Å². The second-order valence-corrected chi connectivity index (χ2v) is 10.8. The number of rotatable bonds is 3. The maximum Gasteiger partial charge on any atom is 0.143 e. The highest BCUT2D eigenvalue weighted by Gasteiger charge is 2.18. The lowest BCUT2D eigenvalue weighted by molar-refractivity contribution is 0.673. The van der Waals surface area contributed by atoms with Gasteiger partial charge in [0.2, 0.25) is 0 Å². The van der Waals surface area contributed by atoms with E-state index in [0.717, 1.165) is 49.4 Å². The summed E-state index contributed by atoms with van der Waals surface area (Å²) in [4.78, 5) is 0. The number of hydrogen-bond donors (Lipinski definition) is 0. The van der Waals surface area contributed by atoms with Gasteiger partial charge in [-0.2, -0.15) is 0 Å². The minimum Gasteiger partial charge on any atom is -0.455 e. The van der Waals surface area contributed by atoms with Crippen molar-refractivity contribution >= 4 is 54.3 Å². The van der Waals surface area contributed by atoms with Gasteiger partial charge in [0.25, 0.3) is 0 Å². The summed E-state index contributed by atoms with van der Waals surface area (Å²) >= 11 is 0. The summed E-state index contributed by atoms with van der Waals surface area (Å²) < 4.78 is 57.5. The van der Waals surface area contributed by atoms with Gasteiger partial charge in [0.1, 0.15) is 11.2 Å². The summed E-state index contributed by atoms with van der Waals surface area (Å²) in [6.07, 6.45) is 0. The first-order valence-corrected chi connectivity index (χ1v) is 14.3. The van der Waals surface area contributed by atoms with Crippen LogP contribution < -0.4 is 0 Å². The monoisotopic (exact) mass is 552 g/mol. The molecule has 1 aromatic heterocycles. The molecule has 0 aliphatic heterocycles. The van der Waals surface area contributed by atoms with Crippen LogP contribution in [0.15, 0.2) is 162 Å². The Bertz CT molecular complexity index is 2760. The van der Waals surface area contributed by atoms with E-state index in [2.05, 4.69) is 72.8 Å². The van der Waals surface area contributed by atoms with Crippen molar-refractivity contribution in [3.8, 4) is 33.4 Å². The zero-order valence-electron chi connectivity index (χ0n) is 29.0. The van der Waals surface area contributed by atoms with Crippen molar-refractivity contribution in [2.24, 2.45) is 0 Å². The van der Waals surface area contributed by atoms with Crippen molar-refractivity contribution in [2.45, 2.75) is 0 Å². The first kappa shape index (κ1) is 18.7. The Balaban J connectivity index is 1.30. The van der Waals surface area contributed by atoms with E-state index in [-0.39, 0.29) is 40.5 Å². The van der Waals surface area contributed by atoms with Crippen molar-refractivity contribution < 1.29 is 12.6 Å². The van der Waals surface area contributed by atoms with Crippen LogP contribution in [-0.2, 0) is 0 Å². The minimum atomic E-state index is -0.433. The van der Waals surface area contributed by atoms with E-state index >= 15 is 0 Å². The molecule has 0 spiro atoms. The van der Waals surface area contributed by atoms with Crippen molar-refractivity contribution in [1.82, 2.24) is 0 Å². The third kappa shape index (κ3) is 3.72. The molecule has 0 unspecified atom stereocenters. The highest BCUT2D eigenvalue weighted by atomic mass is 16.3. The summed E-state index contributed by atoms with van der Waals surface area (Å²) in [5, 5.41) is 5.49. The maximum atomic E-state index is 8.86. The van der Waals surface area contributed by atoms with Crippen LogP contribution in [0.3, 0.4) is 0 Å². The second-order valence-electron chi connectivity index (χ2n) is 10.8. The Morgan fingerprint density at radius 3 is 1.65 bits per heavy atom. The van der Waals surface area contributed by atoms with E-state index in [9.17, 15) is 0 Å². The number of benzene rings is 8. The third-order valence-electron chi connectivity index (χ3n) is 8.42. The second kappa shape index (κ2) is 9.44. The van der Waals surface area contributed by atoms with E-state index in [0.29, 0.717) is 16.4 Å². The molecule has 0 saturated heterocycles. The molecule has 0 aliphatic rings. The molecule has 1 nitrogen and oxygen atoms in total. The first-order chi connectivity index (χ1) is 23.8. The summed E-state index contributed by atoms with van der Waals surface area (Å²) in [5.74, 6) is 0. The summed E-state index contributed by atoms with van der Waals surface area (Å²) in [7, 11) is 0. The van der Waals surface area contributed by atoms with E-state index < -0.39 is 12.1 Å². The topological polar surface area (TPSA) is 13.1 Å². The Morgan fingerprint density at radius 2 is 0.953 bits per heavy atom. The van der Waals surface area contributed by atoms with Crippen LogP contribution in [0.5, 0.6) is 0 Å². The maximum absolute atomic E-state index is 8.86. The normalized spacial score (nSPS) is 13.7. The van der Waals surface area contributed by atoms with Gasteiger partial charge < -0.3 is 4.42 Å². The molecule has 1 heteroatoms. The molecule has 8 aromatic carbocycles. The Morgan fingerprint density at radius 1 is 0.395 bits per heavy atom. The molecule has 200 valence electrons. The fourth-order valence-corrected chi connectivity index (χ4v) is 6.46. The average Bonchev–Trinajstić information content (AvgIpc) is 3.52. The molecule has 9 rings (SSSR count). The van der Waals surface area contributed by atoms with Gasteiger partial charge in [-0.15, -0.1) is 0 Å². The molecule has 1 heterocycles. The van der Waals surface area contributed by atoms with Crippen molar-refractivity contribution in [1.29, 1.82) is 0 Å². The molecule has 0 fully saturated rings. The Kier molecular flexibility index (Phi) is 4.11. The van der Waals surface area contributed by atoms with Crippen LogP contribution in [0, 0.1) is 0 Å². The summed E-state index contributed by atoms with van der Waals surface area (Å²) in [6.45, 7) is 0. The van der Waals surface area contributed by atoms with Gasteiger partial charge in [-0.05, 0) is 78.5 Å². The summed E-state index contributed by atoms with van der Waals surface area (Å²) in [5.41, 5.74) is 7.23. The van der Waals surface area contributed by atoms with Gasteiger partial charge in [0.05, 0.1) is 8.22 Å². The molecule has 0 aliphatic carbocycles. The molecule has 9 aromatic rings. The fraction of sp³-hybridized carbons (Fsp3) is 0. The first-order valence-electron chi connectivity index (χ1n) is 17.3. The third-order valence-corrected chi connectivity index (χ3v) is 8.42. The van der Waals surface area contributed by atoms with E-state index in [4.69, 9.17) is 12.6 Å². The molecule has 0 bridgehead atoms. The van der Waals surface area contributed by atoms with Crippen LogP contribution in [0.25, 0.3) is 87.6 Å². The van der Waals surface area contributed by atoms with Crippen molar-refractivity contribution in [3.63, 3.8) is 0 Å². The fourth-order valence-electron chi connectivity index (χ4n) is 6.46. The predicted molar refractivity (Wildman–Crippen MR) is 183 cm³/mol. The molecular formula is C42H26O. The lowest BCUT2D eigenvalue weighted by Crippen LogP contribution is -1.91. The van der Waals surface area contributed by atoms with Gasteiger partial charge in [-0.3, -0.25) is 0 Å². The zero-order valence-corrected chi connectivity index (χ0v) is 23.0. The molecule has 0 radical (unpaired) electrons. The largest absolute Gasteiger partial charge is 0.455 e.